The van der Waals surface area contributed by atoms with Crippen molar-refractivity contribution >= 4 is 17.8 Å². The Morgan fingerprint density at radius 1 is 0.824 bits per heavy atom. The molecule has 0 unspecified atom stereocenters. The molecule has 3 aromatic carbocycles. The number of nitriles is 1. The van der Waals surface area contributed by atoms with Crippen LogP contribution in [0.15, 0.2) is 78.9 Å². The Kier molecular flexibility index (Phi) is 9.95. The summed E-state index contributed by atoms with van der Waals surface area (Å²) >= 11 is 0. The van der Waals surface area contributed by atoms with Crippen molar-refractivity contribution in [2.45, 2.75) is 45.4 Å². The van der Waals surface area contributed by atoms with Gasteiger partial charge in [-0.3, -0.25) is 0 Å². The number of carbonyl (C=O) groups is 1. The Morgan fingerprint density at radius 3 is 2.15 bits per heavy atom. The van der Waals surface area contributed by atoms with Gasteiger partial charge in [-0.05, 0) is 66.6 Å². The molecule has 174 valence electrons. The van der Waals surface area contributed by atoms with E-state index in [1.807, 2.05) is 36.4 Å². The highest BCUT2D eigenvalue weighted by Crippen LogP contribution is 2.23. The number of unbranched alkanes of at least 4 members (excludes halogenated alkanes) is 5. The van der Waals surface area contributed by atoms with Gasteiger partial charge in [0.25, 0.3) is 0 Å². The van der Waals surface area contributed by atoms with E-state index in [0.717, 1.165) is 23.3 Å². The summed E-state index contributed by atoms with van der Waals surface area (Å²) in [4.78, 5) is 12.9. The molecule has 4 nitrogen and oxygen atoms in total. The number of benzene rings is 3. The highest BCUT2D eigenvalue weighted by Gasteiger charge is 2.13. The highest BCUT2D eigenvalue weighted by atomic mass is 16.5. The molecule has 0 fully saturated rings. The molecule has 3 rings (SSSR count). The molecular formula is C30H31NO3. The van der Waals surface area contributed by atoms with Gasteiger partial charge < -0.3 is 9.47 Å². The van der Waals surface area contributed by atoms with Crippen LogP contribution in [0.1, 0.15) is 72.5 Å². The lowest BCUT2D eigenvalue weighted by Gasteiger charge is -2.11. The van der Waals surface area contributed by atoms with Crippen molar-refractivity contribution in [3.05, 3.63) is 101 Å². The fourth-order valence-corrected chi connectivity index (χ4v) is 3.50. The Balaban J connectivity index is 1.63. The summed E-state index contributed by atoms with van der Waals surface area (Å²) < 4.78 is 11.6. The molecule has 0 saturated heterocycles. The van der Waals surface area contributed by atoms with E-state index in [9.17, 15) is 4.79 Å². The van der Waals surface area contributed by atoms with Crippen LogP contribution in [-0.2, 0) is 4.74 Å². The van der Waals surface area contributed by atoms with Gasteiger partial charge in [0, 0.05) is 5.56 Å². The van der Waals surface area contributed by atoms with Gasteiger partial charge in [0.15, 0.2) is 0 Å². The predicted octanol–water partition coefficient (Wildman–Crippen LogP) is 7.65. The molecule has 0 spiro atoms. The zero-order chi connectivity index (χ0) is 24.0. The van der Waals surface area contributed by atoms with Crippen LogP contribution in [0.4, 0.5) is 0 Å². The van der Waals surface area contributed by atoms with E-state index in [4.69, 9.17) is 14.7 Å². The number of rotatable bonds is 12. The summed E-state index contributed by atoms with van der Waals surface area (Å²) in [6, 6.07) is 25.8. The van der Waals surface area contributed by atoms with Crippen LogP contribution < -0.4 is 4.74 Å². The maximum absolute atomic E-state index is 12.9. The molecule has 0 bridgehead atoms. The maximum Gasteiger partial charge on any atom is 0.343 e. The molecule has 34 heavy (non-hydrogen) atoms. The van der Waals surface area contributed by atoms with Crippen molar-refractivity contribution in [3.8, 4) is 11.8 Å². The van der Waals surface area contributed by atoms with Gasteiger partial charge in [-0.1, -0.05) is 69.4 Å². The van der Waals surface area contributed by atoms with E-state index in [0.29, 0.717) is 23.5 Å². The topological polar surface area (TPSA) is 59.3 Å². The quantitative estimate of drug-likeness (QED) is 0.122. The molecule has 0 aromatic heterocycles. The zero-order valence-corrected chi connectivity index (χ0v) is 19.7. The Morgan fingerprint density at radius 2 is 1.47 bits per heavy atom. The number of hydrogen-bond acceptors (Lipinski definition) is 4. The summed E-state index contributed by atoms with van der Waals surface area (Å²) in [5.74, 6) is 0.718. The van der Waals surface area contributed by atoms with E-state index >= 15 is 0 Å². The molecule has 0 atom stereocenters. The standard InChI is InChI=1S/C30H31NO3/c1-2-3-4-5-6-10-21-33-28-19-17-27(18-20-28)30(32)34-29(22-24-11-8-7-9-12-24)26-15-13-25(23-31)14-16-26/h7-9,11-20,22H,2-6,10,21H2,1H3. The minimum Gasteiger partial charge on any atom is -0.494 e. The van der Waals surface area contributed by atoms with Gasteiger partial charge >= 0.3 is 5.97 Å². The minimum absolute atomic E-state index is 0.420. The first-order chi connectivity index (χ1) is 16.7. The Bertz CT molecular complexity index is 1090. The number of ether oxygens (including phenoxy) is 2. The van der Waals surface area contributed by atoms with Crippen LogP contribution in [0, 0.1) is 11.3 Å². The second-order valence-electron chi connectivity index (χ2n) is 8.14. The normalized spacial score (nSPS) is 11.0. The van der Waals surface area contributed by atoms with Crippen LogP contribution in [0.25, 0.3) is 11.8 Å². The number of nitrogens with zero attached hydrogens (tertiary/aromatic N) is 1. The summed E-state index contributed by atoms with van der Waals surface area (Å²) in [6.45, 7) is 2.90. The number of esters is 1. The van der Waals surface area contributed by atoms with E-state index in [1.165, 1.54) is 32.1 Å². The van der Waals surface area contributed by atoms with Crippen molar-refractivity contribution in [2.75, 3.05) is 6.61 Å². The average Bonchev–Trinajstić information content (AvgIpc) is 2.89. The van der Waals surface area contributed by atoms with Crippen molar-refractivity contribution in [3.63, 3.8) is 0 Å². The lowest BCUT2D eigenvalue weighted by Crippen LogP contribution is -2.05. The lowest BCUT2D eigenvalue weighted by molar-refractivity contribution is 0.0693. The number of carbonyl (C=O) groups excluding carboxylic acids is 1. The third kappa shape index (κ3) is 7.94. The molecule has 0 amide bonds. The molecule has 0 aliphatic carbocycles. The third-order valence-corrected chi connectivity index (χ3v) is 5.46. The van der Waals surface area contributed by atoms with Gasteiger partial charge in [0.2, 0.25) is 0 Å². The maximum atomic E-state index is 12.9. The van der Waals surface area contributed by atoms with Crippen LogP contribution in [-0.4, -0.2) is 12.6 Å². The summed E-state index contributed by atoms with van der Waals surface area (Å²) in [5, 5.41) is 9.07. The summed E-state index contributed by atoms with van der Waals surface area (Å²) in [5.41, 5.74) is 2.62. The van der Waals surface area contributed by atoms with Gasteiger partial charge in [0.1, 0.15) is 11.5 Å². The largest absolute Gasteiger partial charge is 0.494 e. The summed E-state index contributed by atoms with van der Waals surface area (Å²) in [7, 11) is 0. The van der Waals surface area contributed by atoms with Crippen LogP contribution in [0.3, 0.4) is 0 Å². The highest BCUT2D eigenvalue weighted by molar-refractivity contribution is 5.95. The smallest absolute Gasteiger partial charge is 0.343 e. The lowest BCUT2D eigenvalue weighted by atomic mass is 10.1. The first-order valence-corrected chi connectivity index (χ1v) is 11.9. The summed E-state index contributed by atoms with van der Waals surface area (Å²) in [6.07, 6.45) is 9.12. The second-order valence-corrected chi connectivity index (χ2v) is 8.14. The molecule has 0 aliphatic heterocycles. The van der Waals surface area contributed by atoms with Crippen LogP contribution in [0.2, 0.25) is 0 Å². The van der Waals surface area contributed by atoms with Gasteiger partial charge in [-0.15, -0.1) is 0 Å². The van der Waals surface area contributed by atoms with Crippen molar-refractivity contribution in [1.82, 2.24) is 0 Å². The monoisotopic (exact) mass is 453 g/mol. The van der Waals surface area contributed by atoms with Crippen molar-refractivity contribution < 1.29 is 14.3 Å². The van der Waals surface area contributed by atoms with E-state index in [1.54, 1.807) is 48.5 Å². The zero-order valence-electron chi connectivity index (χ0n) is 19.7. The molecule has 0 saturated carbocycles. The molecular weight excluding hydrogens is 422 g/mol. The van der Waals surface area contributed by atoms with Gasteiger partial charge in [-0.25, -0.2) is 4.79 Å². The fraction of sp³-hybridized carbons (Fsp3) is 0.267. The molecule has 0 aliphatic rings. The van der Waals surface area contributed by atoms with Crippen molar-refractivity contribution in [2.24, 2.45) is 0 Å². The molecule has 0 heterocycles. The van der Waals surface area contributed by atoms with E-state index < -0.39 is 5.97 Å². The minimum atomic E-state index is -0.450. The SMILES string of the molecule is CCCCCCCCOc1ccc(C(=O)OC(=Cc2ccccc2)c2ccc(C#N)cc2)cc1. The van der Waals surface area contributed by atoms with Crippen LogP contribution in [0.5, 0.6) is 5.75 Å². The average molecular weight is 454 g/mol. The van der Waals surface area contributed by atoms with Crippen LogP contribution >= 0.6 is 0 Å². The van der Waals surface area contributed by atoms with E-state index in [-0.39, 0.29) is 0 Å². The molecule has 0 N–H and O–H groups in total. The van der Waals surface area contributed by atoms with Crippen molar-refractivity contribution in [1.29, 1.82) is 5.26 Å². The first kappa shape index (κ1) is 24.8. The first-order valence-electron chi connectivity index (χ1n) is 11.9. The van der Waals surface area contributed by atoms with Gasteiger partial charge in [-0.2, -0.15) is 5.26 Å². The fourth-order valence-electron chi connectivity index (χ4n) is 3.50. The van der Waals surface area contributed by atoms with Gasteiger partial charge in [0.05, 0.1) is 23.8 Å². The third-order valence-electron chi connectivity index (χ3n) is 5.46. The second kappa shape index (κ2) is 13.6. The van der Waals surface area contributed by atoms with E-state index in [2.05, 4.69) is 13.0 Å². The number of hydrogen-bond donors (Lipinski definition) is 0. The molecule has 3 aromatic rings. The predicted molar refractivity (Wildman–Crippen MR) is 136 cm³/mol. The molecule has 4 heteroatoms. The Labute approximate surface area is 202 Å². The Hall–Kier alpha value is -3.84. The molecule has 0 radical (unpaired) electrons.